The Morgan fingerprint density at radius 1 is 0.968 bits per heavy atom. The number of guanidine groups is 1. The van der Waals surface area contributed by atoms with E-state index in [9.17, 15) is 0 Å². The fourth-order valence-corrected chi connectivity index (χ4v) is 4.14. The maximum Gasteiger partial charge on any atom is 0.191 e. The van der Waals surface area contributed by atoms with Crippen LogP contribution < -0.4 is 10.6 Å². The number of ether oxygens (including phenoxy) is 1. The van der Waals surface area contributed by atoms with Gasteiger partial charge in [-0.3, -0.25) is 4.90 Å². The Bertz CT molecular complexity index is 832. The zero-order chi connectivity index (χ0) is 20.7. The predicted octanol–water partition coefficient (Wildman–Crippen LogP) is 3.92. The number of benzene rings is 2. The predicted molar refractivity (Wildman–Crippen MR) is 138 cm³/mol. The van der Waals surface area contributed by atoms with Gasteiger partial charge in [-0.05, 0) is 36.5 Å². The molecule has 0 bridgehead atoms. The third-order valence-electron chi connectivity index (χ3n) is 6.20. The number of nitrogens with zero attached hydrogens (tertiary/aromatic N) is 2. The summed E-state index contributed by atoms with van der Waals surface area (Å²) in [6.45, 7) is 9.23. The molecule has 0 unspecified atom stereocenters. The van der Waals surface area contributed by atoms with Crippen LogP contribution in [0.2, 0.25) is 0 Å². The van der Waals surface area contributed by atoms with Crippen LogP contribution in [-0.4, -0.2) is 50.3 Å². The van der Waals surface area contributed by atoms with Gasteiger partial charge in [0.25, 0.3) is 0 Å². The molecule has 1 heterocycles. The van der Waals surface area contributed by atoms with Gasteiger partial charge in [0, 0.05) is 38.1 Å². The maximum absolute atomic E-state index is 5.48. The molecule has 6 heteroatoms. The summed E-state index contributed by atoms with van der Waals surface area (Å²) in [6.07, 6.45) is 2.48. The molecule has 0 amide bonds. The molecular formula is C25H35IN4O. The lowest BCUT2D eigenvalue weighted by atomic mass is 9.96. The Kier molecular flexibility index (Phi) is 9.16. The van der Waals surface area contributed by atoms with Crippen LogP contribution in [0.4, 0.5) is 0 Å². The number of nitrogens with one attached hydrogen (secondary N) is 2. The van der Waals surface area contributed by atoms with Crippen molar-refractivity contribution in [2.75, 3.05) is 39.4 Å². The Morgan fingerprint density at radius 2 is 1.65 bits per heavy atom. The summed E-state index contributed by atoms with van der Waals surface area (Å²) in [5.74, 6) is 0.904. The summed E-state index contributed by atoms with van der Waals surface area (Å²) in [4.78, 5) is 7.38. The third-order valence-corrected chi connectivity index (χ3v) is 6.20. The molecule has 2 fully saturated rings. The van der Waals surface area contributed by atoms with E-state index < -0.39 is 0 Å². The van der Waals surface area contributed by atoms with Crippen LogP contribution in [0.15, 0.2) is 59.6 Å². The van der Waals surface area contributed by atoms with Gasteiger partial charge in [-0.25, -0.2) is 4.99 Å². The van der Waals surface area contributed by atoms with Crippen molar-refractivity contribution in [3.05, 3.63) is 71.3 Å². The van der Waals surface area contributed by atoms with Crippen LogP contribution >= 0.6 is 24.0 Å². The molecule has 0 radical (unpaired) electrons. The van der Waals surface area contributed by atoms with Gasteiger partial charge < -0.3 is 15.4 Å². The zero-order valence-electron chi connectivity index (χ0n) is 18.5. The van der Waals surface area contributed by atoms with Gasteiger partial charge in [0.1, 0.15) is 0 Å². The molecule has 0 atom stereocenters. The van der Waals surface area contributed by atoms with Gasteiger partial charge >= 0.3 is 0 Å². The number of halogens is 1. The second-order valence-electron chi connectivity index (χ2n) is 8.35. The fourth-order valence-electron chi connectivity index (χ4n) is 4.14. The third kappa shape index (κ3) is 6.67. The molecule has 1 aliphatic carbocycles. The van der Waals surface area contributed by atoms with E-state index in [0.717, 1.165) is 51.9 Å². The van der Waals surface area contributed by atoms with E-state index in [0.29, 0.717) is 6.54 Å². The van der Waals surface area contributed by atoms with E-state index in [1.807, 2.05) is 0 Å². The summed E-state index contributed by atoms with van der Waals surface area (Å²) >= 11 is 0. The second-order valence-corrected chi connectivity index (χ2v) is 8.35. The molecule has 1 saturated heterocycles. The molecule has 0 spiro atoms. The van der Waals surface area contributed by atoms with Gasteiger partial charge in [0.15, 0.2) is 5.96 Å². The summed E-state index contributed by atoms with van der Waals surface area (Å²) in [6, 6.07) is 19.5. The SMILES string of the molecule is CCNC(=NCc1ccccc1CN1CCOCC1)NCC1(c2ccccc2)CC1.I. The average molecular weight is 534 g/mol. The molecule has 2 aromatic rings. The highest BCUT2D eigenvalue weighted by Crippen LogP contribution is 2.47. The Hall–Kier alpha value is -1.64. The van der Waals surface area contributed by atoms with Gasteiger partial charge in [-0.2, -0.15) is 0 Å². The summed E-state index contributed by atoms with van der Waals surface area (Å²) in [7, 11) is 0. The molecule has 5 nitrogen and oxygen atoms in total. The van der Waals surface area contributed by atoms with Crippen LogP contribution in [0.1, 0.15) is 36.5 Å². The van der Waals surface area contributed by atoms with Crippen LogP contribution in [-0.2, 0) is 23.2 Å². The summed E-state index contributed by atoms with van der Waals surface area (Å²) in [5, 5.41) is 7.02. The normalized spacial score (nSPS) is 18.2. The molecule has 1 aliphatic heterocycles. The lowest BCUT2D eigenvalue weighted by molar-refractivity contribution is 0.0341. The van der Waals surface area contributed by atoms with Crippen molar-refractivity contribution in [2.24, 2.45) is 4.99 Å². The van der Waals surface area contributed by atoms with E-state index in [-0.39, 0.29) is 29.4 Å². The van der Waals surface area contributed by atoms with Crippen LogP contribution in [0.3, 0.4) is 0 Å². The highest BCUT2D eigenvalue weighted by molar-refractivity contribution is 14.0. The molecule has 2 aliphatic rings. The summed E-state index contributed by atoms with van der Waals surface area (Å²) < 4.78 is 5.48. The van der Waals surface area contributed by atoms with Gasteiger partial charge in [-0.1, -0.05) is 54.6 Å². The zero-order valence-corrected chi connectivity index (χ0v) is 20.8. The number of aliphatic imine (C=N–C) groups is 1. The first kappa shape index (κ1) is 24.0. The van der Waals surface area contributed by atoms with Crippen LogP contribution in [0, 0.1) is 0 Å². The highest BCUT2D eigenvalue weighted by Gasteiger charge is 2.43. The van der Waals surface area contributed by atoms with E-state index in [4.69, 9.17) is 9.73 Å². The molecule has 2 N–H and O–H groups in total. The van der Waals surface area contributed by atoms with E-state index in [2.05, 4.69) is 77.1 Å². The van der Waals surface area contributed by atoms with Crippen molar-refractivity contribution in [2.45, 2.75) is 38.3 Å². The molecule has 168 valence electrons. The largest absolute Gasteiger partial charge is 0.379 e. The molecule has 2 aromatic carbocycles. The first-order chi connectivity index (χ1) is 14.8. The van der Waals surface area contributed by atoms with Gasteiger partial charge in [0.2, 0.25) is 0 Å². The Balaban J connectivity index is 0.00000272. The van der Waals surface area contributed by atoms with Crippen molar-refractivity contribution >= 4 is 29.9 Å². The minimum absolute atomic E-state index is 0. The van der Waals surface area contributed by atoms with Crippen molar-refractivity contribution in [1.29, 1.82) is 0 Å². The van der Waals surface area contributed by atoms with E-state index in [1.54, 1.807) is 0 Å². The number of morpholine rings is 1. The molecule has 0 aromatic heterocycles. The van der Waals surface area contributed by atoms with Crippen molar-refractivity contribution < 1.29 is 4.74 Å². The average Bonchev–Trinajstić information content (AvgIpc) is 3.59. The van der Waals surface area contributed by atoms with Crippen molar-refractivity contribution in [1.82, 2.24) is 15.5 Å². The first-order valence-corrected chi connectivity index (χ1v) is 11.2. The number of hydrogen-bond donors (Lipinski definition) is 2. The van der Waals surface area contributed by atoms with Crippen LogP contribution in [0.25, 0.3) is 0 Å². The standard InChI is InChI=1S/C25H34N4O.HI/c1-2-26-24(28-20-25(12-13-25)23-10-4-3-5-11-23)27-18-21-8-6-7-9-22(21)19-29-14-16-30-17-15-29;/h3-11H,2,12-20H2,1H3,(H2,26,27,28);1H. The van der Waals surface area contributed by atoms with Crippen LogP contribution in [0.5, 0.6) is 0 Å². The second kappa shape index (κ2) is 11.8. The lowest BCUT2D eigenvalue weighted by Crippen LogP contribution is -2.41. The van der Waals surface area contributed by atoms with Crippen molar-refractivity contribution in [3.63, 3.8) is 0 Å². The smallest absolute Gasteiger partial charge is 0.191 e. The summed E-state index contributed by atoms with van der Waals surface area (Å²) in [5.41, 5.74) is 4.36. The number of hydrogen-bond acceptors (Lipinski definition) is 3. The molecule has 4 rings (SSSR count). The highest BCUT2D eigenvalue weighted by atomic mass is 127. The van der Waals surface area contributed by atoms with Gasteiger partial charge in [0.05, 0.1) is 19.8 Å². The maximum atomic E-state index is 5.48. The quantitative estimate of drug-likeness (QED) is 0.306. The monoisotopic (exact) mass is 534 g/mol. The first-order valence-electron chi connectivity index (χ1n) is 11.2. The minimum atomic E-state index is 0. The molecule has 1 saturated carbocycles. The Labute approximate surface area is 203 Å². The van der Waals surface area contributed by atoms with Gasteiger partial charge in [-0.15, -0.1) is 24.0 Å². The molecular weight excluding hydrogens is 499 g/mol. The van der Waals surface area contributed by atoms with E-state index >= 15 is 0 Å². The van der Waals surface area contributed by atoms with E-state index in [1.165, 1.54) is 29.5 Å². The lowest BCUT2D eigenvalue weighted by Gasteiger charge is -2.27. The Morgan fingerprint density at radius 3 is 2.32 bits per heavy atom. The van der Waals surface area contributed by atoms with Crippen molar-refractivity contribution in [3.8, 4) is 0 Å². The topological polar surface area (TPSA) is 48.9 Å². The minimum Gasteiger partial charge on any atom is -0.379 e. The molecule has 31 heavy (non-hydrogen) atoms. The fraction of sp³-hybridized carbons (Fsp3) is 0.480. The number of rotatable bonds is 8.